The highest BCUT2D eigenvalue weighted by molar-refractivity contribution is 5.25. The number of allylic oxidation sites excluding steroid dienone is 1. The third-order valence-electron chi connectivity index (χ3n) is 14.9. The van der Waals surface area contributed by atoms with E-state index in [4.69, 9.17) is 15.2 Å². The molecule has 1 unspecified atom stereocenters. The van der Waals surface area contributed by atoms with Gasteiger partial charge in [0.2, 0.25) is 0 Å². The van der Waals surface area contributed by atoms with Gasteiger partial charge in [-0.15, -0.1) is 0 Å². The Morgan fingerprint density at radius 3 is 2.04 bits per heavy atom. The first-order chi connectivity index (χ1) is 23.7. The van der Waals surface area contributed by atoms with Crippen molar-refractivity contribution in [2.75, 3.05) is 19.8 Å². The van der Waals surface area contributed by atoms with Gasteiger partial charge in [-0.1, -0.05) is 156 Å². The molecule has 0 radical (unpaired) electrons. The van der Waals surface area contributed by atoms with E-state index in [9.17, 15) is 0 Å². The van der Waals surface area contributed by atoms with Crippen molar-refractivity contribution in [1.29, 1.82) is 0 Å². The lowest BCUT2D eigenvalue weighted by Crippen LogP contribution is -2.51. The molecule has 0 heterocycles. The smallest absolute Gasteiger partial charge is 0.0930 e. The number of ether oxygens (including phenoxy) is 2. The molecule has 4 aliphatic carbocycles. The normalized spacial score (nSPS) is 32.4. The molecule has 0 aliphatic heterocycles. The van der Waals surface area contributed by atoms with Crippen molar-refractivity contribution >= 4 is 0 Å². The summed E-state index contributed by atoms with van der Waals surface area (Å²) >= 11 is 0. The van der Waals surface area contributed by atoms with Crippen molar-refractivity contribution in [2.45, 2.75) is 214 Å². The third kappa shape index (κ3) is 11.8. The fourth-order valence-electron chi connectivity index (χ4n) is 11.8. The molecular formula is C46H85NO2. The molecule has 3 fully saturated rings. The molecule has 49 heavy (non-hydrogen) atoms. The van der Waals surface area contributed by atoms with E-state index in [2.05, 4.69) is 47.6 Å². The Labute approximate surface area is 306 Å². The summed E-state index contributed by atoms with van der Waals surface area (Å²) in [5.74, 6) is 5.41. The fraction of sp³-hybridized carbons (Fsp3) is 0.957. The summed E-state index contributed by atoms with van der Waals surface area (Å²) in [6, 6.07) is 0. The van der Waals surface area contributed by atoms with E-state index in [1.54, 1.807) is 5.57 Å². The van der Waals surface area contributed by atoms with Crippen LogP contribution in [0, 0.1) is 46.3 Å². The van der Waals surface area contributed by atoms with E-state index < -0.39 is 0 Å². The van der Waals surface area contributed by atoms with Crippen LogP contribution in [-0.2, 0) is 9.47 Å². The number of rotatable bonds is 25. The Kier molecular flexibility index (Phi) is 18.0. The molecule has 0 bridgehead atoms. The second-order valence-electron chi connectivity index (χ2n) is 18.8. The maximum absolute atomic E-state index is 6.57. The van der Waals surface area contributed by atoms with Crippen molar-refractivity contribution < 1.29 is 9.47 Å². The minimum absolute atomic E-state index is 0.0408. The van der Waals surface area contributed by atoms with Gasteiger partial charge in [0.25, 0.3) is 0 Å². The van der Waals surface area contributed by atoms with Crippen molar-refractivity contribution in [2.24, 2.45) is 52.1 Å². The summed E-state index contributed by atoms with van der Waals surface area (Å²) in [4.78, 5) is 0. The van der Waals surface area contributed by atoms with Crippen LogP contribution < -0.4 is 5.73 Å². The van der Waals surface area contributed by atoms with Crippen LogP contribution in [0.25, 0.3) is 0 Å². The average molecular weight is 684 g/mol. The lowest BCUT2D eigenvalue weighted by molar-refractivity contribution is -0.0777. The Morgan fingerprint density at radius 2 is 1.41 bits per heavy atom. The molecule has 3 saturated carbocycles. The van der Waals surface area contributed by atoms with Crippen molar-refractivity contribution in [3.8, 4) is 0 Å². The van der Waals surface area contributed by atoms with Gasteiger partial charge in [-0.05, 0) is 104 Å². The molecule has 286 valence electrons. The molecule has 4 aliphatic rings. The number of fused-ring (bicyclic) bond motifs is 5. The molecule has 0 aromatic rings. The predicted octanol–water partition coefficient (Wildman–Crippen LogP) is 13.2. The maximum atomic E-state index is 6.57. The molecule has 0 saturated heterocycles. The fourth-order valence-corrected chi connectivity index (χ4v) is 11.8. The van der Waals surface area contributed by atoms with Crippen molar-refractivity contribution in [3.05, 3.63) is 11.6 Å². The lowest BCUT2D eigenvalue weighted by atomic mass is 9.47. The van der Waals surface area contributed by atoms with Gasteiger partial charge in [-0.25, -0.2) is 0 Å². The third-order valence-corrected chi connectivity index (χ3v) is 14.9. The van der Waals surface area contributed by atoms with E-state index >= 15 is 0 Å². The van der Waals surface area contributed by atoms with Gasteiger partial charge in [0.1, 0.15) is 0 Å². The molecule has 2 N–H and O–H groups in total. The SMILES string of the molecule is CCCCCCCCCCCCCCCCOC(CN)CO[C@H]1CC[C@@]2(C)C(=CC[C@H]3[C@@H]4CC[C@H]([C@H](C)CCCC(C)C)[C@@]4(C)CC[C@@H]32)C1. The zero-order chi connectivity index (χ0) is 35.1. The van der Waals surface area contributed by atoms with Gasteiger partial charge in [-0.2, -0.15) is 0 Å². The molecular weight excluding hydrogens is 599 g/mol. The summed E-state index contributed by atoms with van der Waals surface area (Å²) in [7, 11) is 0. The van der Waals surface area contributed by atoms with Crippen LogP contribution in [0.4, 0.5) is 0 Å². The van der Waals surface area contributed by atoms with Gasteiger partial charge in [0.15, 0.2) is 0 Å². The van der Waals surface area contributed by atoms with Crippen LogP contribution in [0.1, 0.15) is 202 Å². The van der Waals surface area contributed by atoms with Crippen molar-refractivity contribution in [1.82, 2.24) is 0 Å². The van der Waals surface area contributed by atoms with Crippen LogP contribution >= 0.6 is 0 Å². The molecule has 0 amide bonds. The first-order valence-electron chi connectivity index (χ1n) is 22.4. The van der Waals surface area contributed by atoms with Gasteiger partial charge < -0.3 is 15.2 Å². The molecule has 4 rings (SSSR count). The first kappa shape index (κ1) is 41.4. The monoisotopic (exact) mass is 684 g/mol. The molecule has 3 nitrogen and oxygen atoms in total. The van der Waals surface area contributed by atoms with Crippen molar-refractivity contribution in [3.63, 3.8) is 0 Å². The Morgan fingerprint density at radius 1 is 0.755 bits per heavy atom. The molecule has 0 aromatic heterocycles. The highest BCUT2D eigenvalue weighted by Gasteiger charge is 2.59. The first-order valence-corrected chi connectivity index (χ1v) is 22.4. The summed E-state index contributed by atoms with van der Waals surface area (Å²) in [6.07, 6.45) is 37.7. The standard InChI is InChI=1S/C46H85NO2/c1-7-8-9-10-11-12-13-14-15-16-17-18-19-20-32-48-40(34-47)35-49-39-28-30-45(5)38(33-39)24-25-41-43-27-26-42(37(4)23-21-22-36(2)3)46(43,6)31-29-44(41)45/h24,36-37,39-44H,7-23,25-35,47H2,1-6H3/t37-,39+,40?,41+,42-,43+,44+,45+,46-/m1/s1. The second kappa shape index (κ2) is 21.4. The predicted molar refractivity (Wildman–Crippen MR) is 212 cm³/mol. The highest BCUT2D eigenvalue weighted by atomic mass is 16.5. The largest absolute Gasteiger partial charge is 0.375 e. The van der Waals surface area contributed by atoms with Crippen LogP contribution in [0.15, 0.2) is 11.6 Å². The van der Waals surface area contributed by atoms with Gasteiger partial charge in [0.05, 0.1) is 18.8 Å². The van der Waals surface area contributed by atoms with Crippen LogP contribution in [-0.4, -0.2) is 32.0 Å². The Bertz CT molecular complexity index is 930. The van der Waals surface area contributed by atoms with Crippen LogP contribution in [0.5, 0.6) is 0 Å². The van der Waals surface area contributed by atoms with E-state index in [1.165, 1.54) is 148 Å². The van der Waals surface area contributed by atoms with E-state index in [1.807, 2.05) is 0 Å². The molecule has 9 atom stereocenters. The number of unbranched alkanes of at least 4 members (excludes halogenated alkanes) is 13. The summed E-state index contributed by atoms with van der Waals surface area (Å²) < 4.78 is 12.8. The second-order valence-corrected chi connectivity index (χ2v) is 18.8. The minimum Gasteiger partial charge on any atom is -0.375 e. The van der Waals surface area contributed by atoms with Crippen LogP contribution in [0.3, 0.4) is 0 Å². The van der Waals surface area contributed by atoms with Gasteiger partial charge in [0, 0.05) is 13.2 Å². The number of nitrogens with two attached hydrogens (primary N) is 1. The Balaban J connectivity index is 1.10. The lowest BCUT2D eigenvalue weighted by Gasteiger charge is -2.58. The van der Waals surface area contributed by atoms with E-state index in [0.29, 0.717) is 30.1 Å². The van der Waals surface area contributed by atoms with E-state index in [-0.39, 0.29) is 6.10 Å². The molecule has 0 spiro atoms. The summed E-state index contributed by atoms with van der Waals surface area (Å²) in [6.45, 7) is 17.1. The summed E-state index contributed by atoms with van der Waals surface area (Å²) in [5, 5.41) is 0. The number of hydrogen-bond donors (Lipinski definition) is 1. The topological polar surface area (TPSA) is 44.5 Å². The van der Waals surface area contributed by atoms with E-state index in [0.717, 1.165) is 55.0 Å². The highest BCUT2D eigenvalue weighted by Crippen LogP contribution is 2.67. The average Bonchev–Trinajstić information content (AvgIpc) is 3.45. The van der Waals surface area contributed by atoms with Gasteiger partial charge >= 0.3 is 0 Å². The minimum atomic E-state index is 0.0408. The zero-order valence-electron chi connectivity index (χ0n) is 33.9. The molecule has 3 heteroatoms. The zero-order valence-corrected chi connectivity index (χ0v) is 33.9. The quantitative estimate of drug-likeness (QED) is 0.0769. The van der Waals surface area contributed by atoms with Gasteiger partial charge in [-0.3, -0.25) is 0 Å². The Hall–Kier alpha value is -0.380. The number of hydrogen-bond acceptors (Lipinski definition) is 3. The maximum Gasteiger partial charge on any atom is 0.0930 e. The van der Waals surface area contributed by atoms with Crippen LogP contribution in [0.2, 0.25) is 0 Å². The molecule has 0 aromatic carbocycles. The summed E-state index contributed by atoms with van der Waals surface area (Å²) in [5.41, 5.74) is 8.85.